The summed E-state index contributed by atoms with van der Waals surface area (Å²) in [5.41, 5.74) is 7.32. The minimum Gasteiger partial charge on any atom is -0.384 e. The van der Waals surface area contributed by atoms with Crippen LogP contribution in [0.1, 0.15) is 49.5 Å². The van der Waals surface area contributed by atoms with E-state index in [0.29, 0.717) is 23.8 Å². The van der Waals surface area contributed by atoms with Gasteiger partial charge in [-0.15, -0.1) is 0 Å². The first-order valence-electron chi connectivity index (χ1n) is 8.31. The van der Waals surface area contributed by atoms with E-state index in [1.54, 1.807) is 18.2 Å². The summed E-state index contributed by atoms with van der Waals surface area (Å²) in [6.45, 7) is 0.574. The van der Waals surface area contributed by atoms with Crippen LogP contribution >= 0.6 is 0 Å². The quantitative estimate of drug-likeness (QED) is 0.762. The zero-order valence-corrected chi connectivity index (χ0v) is 13.6. The van der Waals surface area contributed by atoms with Crippen LogP contribution in [-0.4, -0.2) is 33.2 Å². The number of hydrogen-bond acceptors (Lipinski definition) is 5. The molecule has 8 heteroatoms. The van der Waals surface area contributed by atoms with E-state index in [4.69, 9.17) is 5.73 Å². The first-order chi connectivity index (χ1) is 12.5. The summed E-state index contributed by atoms with van der Waals surface area (Å²) < 4.78 is 1.16. The molecule has 0 spiro atoms. The fourth-order valence-corrected chi connectivity index (χ4v) is 3.68. The fraction of sp³-hybridized carbons (Fsp3) is 0.222. The van der Waals surface area contributed by atoms with E-state index in [9.17, 15) is 19.2 Å². The lowest BCUT2D eigenvalue weighted by Gasteiger charge is -2.13. The normalized spacial score (nSPS) is 18.2. The van der Waals surface area contributed by atoms with E-state index in [-0.39, 0.29) is 22.9 Å². The Balaban J connectivity index is 1.66. The highest BCUT2D eigenvalue weighted by atomic mass is 16.2. The van der Waals surface area contributed by atoms with Gasteiger partial charge in [0.05, 0.1) is 16.8 Å². The molecule has 2 aromatic rings. The maximum atomic E-state index is 12.6. The van der Waals surface area contributed by atoms with Crippen LogP contribution in [0, 0.1) is 0 Å². The molecule has 2 aliphatic heterocycles. The Bertz CT molecular complexity index is 1100. The number of rotatable bonds is 2. The van der Waals surface area contributed by atoms with Gasteiger partial charge in [-0.1, -0.05) is 6.07 Å². The number of nitrogen functional groups attached to an aromatic ring is 1. The van der Waals surface area contributed by atoms with Crippen molar-refractivity contribution < 1.29 is 14.4 Å². The van der Waals surface area contributed by atoms with Gasteiger partial charge in [-0.25, -0.2) is 0 Å². The van der Waals surface area contributed by atoms with E-state index in [1.807, 2.05) is 4.90 Å². The highest BCUT2D eigenvalue weighted by Gasteiger charge is 2.38. The Morgan fingerprint density at radius 3 is 2.50 bits per heavy atom. The van der Waals surface area contributed by atoms with Gasteiger partial charge in [-0.05, 0) is 30.5 Å². The van der Waals surface area contributed by atoms with Crippen molar-refractivity contribution in [3.63, 3.8) is 0 Å². The van der Waals surface area contributed by atoms with Gasteiger partial charge in [0.25, 0.3) is 23.3 Å². The molecule has 0 atom stereocenters. The highest BCUT2D eigenvalue weighted by molar-refractivity contribution is 6.23. The molecule has 3 N–H and O–H groups in total. The second-order valence-electron chi connectivity index (χ2n) is 6.78. The smallest absolute Gasteiger partial charge is 0.262 e. The van der Waals surface area contributed by atoms with Crippen LogP contribution in [0.5, 0.6) is 0 Å². The van der Waals surface area contributed by atoms with Crippen molar-refractivity contribution in [3.8, 4) is 5.69 Å². The van der Waals surface area contributed by atoms with Gasteiger partial charge in [-0.2, -0.15) is 0 Å². The number of amides is 3. The third-order valence-electron chi connectivity index (χ3n) is 5.12. The zero-order chi connectivity index (χ0) is 18.2. The Labute approximate surface area is 147 Å². The van der Waals surface area contributed by atoms with Gasteiger partial charge >= 0.3 is 0 Å². The van der Waals surface area contributed by atoms with Crippen LogP contribution in [0.15, 0.2) is 29.1 Å². The van der Waals surface area contributed by atoms with Crippen LogP contribution in [0.3, 0.4) is 0 Å². The van der Waals surface area contributed by atoms with E-state index in [1.165, 1.54) is 0 Å². The monoisotopic (exact) mass is 350 g/mol. The molecule has 0 saturated heterocycles. The Morgan fingerprint density at radius 2 is 1.77 bits per heavy atom. The average molecular weight is 350 g/mol. The second-order valence-corrected chi connectivity index (χ2v) is 6.78. The molecule has 0 unspecified atom stereocenters. The predicted octanol–water partition coefficient (Wildman–Crippen LogP) is 0.421. The zero-order valence-electron chi connectivity index (χ0n) is 13.6. The number of anilines is 1. The summed E-state index contributed by atoms with van der Waals surface area (Å²) in [5.74, 6) is -1.43. The van der Waals surface area contributed by atoms with Crippen molar-refractivity contribution in [2.24, 2.45) is 0 Å². The molecule has 3 aliphatic rings. The molecule has 1 fully saturated rings. The number of aromatic nitrogens is 1. The molecule has 0 bridgehead atoms. The number of benzene rings is 1. The number of pyridine rings is 1. The lowest BCUT2D eigenvalue weighted by molar-refractivity contribution is 0.0765. The molecule has 130 valence electrons. The molecule has 3 amide bonds. The fourth-order valence-electron chi connectivity index (χ4n) is 3.68. The molecule has 5 rings (SSSR count). The molecule has 1 saturated carbocycles. The van der Waals surface area contributed by atoms with Gasteiger partial charge in [0.1, 0.15) is 5.82 Å². The first kappa shape index (κ1) is 14.9. The molecule has 8 nitrogen and oxygen atoms in total. The third kappa shape index (κ3) is 1.89. The van der Waals surface area contributed by atoms with Crippen molar-refractivity contribution in [2.75, 3.05) is 5.73 Å². The van der Waals surface area contributed by atoms with Crippen LogP contribution < -0.4 is 16.6 Å². The lowest BCUT2D eigenvalue weighted by atomic mass is 10.1. The predicted molar refractivity (Wildman–Crippen MR) is 91.1 cm³/mol. The van der Waals surface area contributed by atoms with Gasteiger partial charge < -0.3 is 10.6 Å². The maximum Gasteiger partial charge on any atom is 0.262 e. The number of nitrogens with one attached hydrogen (secondary N) is 1. The summed E-state index contributed by atoms with van der Waals surface area (Å²) in [6.07, 6.45) is 2.04. The average Bonchev–Trinajstić information content (AvgIpc) is 3.33. The van der Waals surface area contributed by atoms with Crippen LogP contribution in [0.25, 0.3) is 5.69 Å². The minimum atomic E-state index is -0.634. The largest absolute Gasteiger partial charge is 0.384 e. The molecule has 1 aromatic heterocycles. The molecule has 3 heterocycles. The van der Waals surface area contributed by atoms with Gasteiger partial charge in [0.15, 0.2) is 0 Å². The number of carbonyl (C=O) groups is 3. The number of nitrogens with two attached hydrogens (primary N) is 1. The minimum absolute atomic E-state index is 0.0129. The molecular formula is C18H14N4O4. The standard InChI is InChI=1S/C18H14N4O4/c19-15-14-12(16(24)20-17(14)25)6-13(23)22(15)10-2-1-8-7-21(9-3-4-9)18(26)11(8)5-10/h1-2,5-6,9H,3-4,7,19H2,(H,20,24,25). The first-order valence-corrected chi connectivity index (χ1v) is 8.31. The topological polar surface area (TPSA) is 114 Å². The van der Waals surface area contributed by atoms with E-state index in [2.05, 4.69) is 5.32 Å². The van der Waals surface area contributed by atoms with Crippen molar-refractivity contribution in [1.29, 1.82) is 0 Å². The van der Waals surface area contributed by atoms with Crippen molar-refractivity contribution in [3.05, 3.63) is 56.9 Å². The van der Waals surface area contributed by atoms with Crippen molar-refractivity contribution in [2.45, 2.75) is 25.4 Å². The van der Waals surface area contributed by atoms with E-state index < -0.39 is 17.4 Å². The molecule has 26 heavy (non-hydrogen) atoms. The molecular weight excluding hydrogens is 336 g/mol. The third-order valence-corrected chi connectivity index (χ3v) is 5.12. The Kier molecular flexibility index (Phi) is 2.75. The summed E-state index contributed by atoms with van der Waals surface area (Å²) in [5, 5.41) is 2.13. The summed E-state index contributed by atoms with van der Waals surface area (Å²) in [7, 11) is 0. The number of nitrogens with zero attached hydrogens (tertiary/aromatic N) is 2. The number of carbonyl (C=O) groups excluding carboxylic acids is 3. The Morgan fingerprint density at radius 1 is 1.00 bits per heavy atom. The maximum absolute atomic E-state index is 12.6. The Hall–Kier alpha value is -3.42. The van der Waals surface area contributed by atoms with Crippen molar-refractivity contribution >= 4 is 23.5 Å². The summed E-state index contributed by atoms with van der Waals surface area (Å²) in [6, 6.07) is 6.52. The molecule has 0 radical (unpaired) electrons. The SMILES string of the molecule is Nc1c2c(cc(=O)n1-c1ccc3c(c1)C(=O)N(C1CC1)C3)C(=O)NC2=O. The van der Waals surface area contributed by atoms with E-state index in [0.717, 1.165) is 29.0 Å². The van der Waals surface area contributed by atoms with Crippen LogP contribution in [0.4, 0.5) is 5.82 Å². The van der Waals surface area contributed by atoms with Crippen LogP contribution in [0.2, 0.25) is 0 Å². The van der Waals surface area contributed by atoms with Gasteiger partial charge in [-0.3, -0.25) is 29.1 Å². The van der Waals surface area contributed by atoms with Crippen molar-refractivity contribution in [1.82, 2.24) is 14.8 Å². The summed E-state index contributed by atoms with van der Waals surface area (Å²) in [4.78, 5) is 50.7. The number of hydrogen-bond donors (Lipinski definition) is 2. The molecule has 1 aromatic carbocycles. The van der Waals surface area contributed by atoms with Gasteiger partial charge in [0, 0.05) is 24.2 Å². The number of imide groups is 1. The second kappa shape index (κ2) is 4.81. The highest BCUT2D eigenvalue weighted by Crippen LogP contribution is 2.35. The molecule has 1 aliphatic carbocycles. The number of fused-ring (bicyclic) bond motifs is 2. The lowest BCUT2D eigenvalue weighted by Crippen LogP contribution is -2.26. The van der Waals surface area contributed by atoms with Crippen LogP contribution in [-0.2, 0) is 6.54 Å². The van der Waals surface area contributed by atoms with E-state index >= 15 is 0 Å². The van der Waals surface area contributed by atoms with Gasteiger partial charge in [0.2, 0.25) is 0 Å². The summed E-state index contributed by atoms with van der Waals surface area (Å²) >= 11 is 0.